The van der Waals surface area contributed by atoms with Crippen LogP contribution in [0.1, 0.15) is 25.8 Å². The maximum atomic E-state index is 12.2. The maximum absolute atomic E-state index is 12.2. The van der Waals surface area contributed by atoms with Crippen LogP contribution in [0.4, 0.5) is 0 Å². The number of carboxylic acids is 1. The van der Waals surface area contributed by atoms with Gasteiger partial charge in [-0.3, -0.25) is 4.79 Å². The van der Waals surface area contributed by atoms with Gasteiger partial charge in [0.25, 0.3) is 0 Å². The minimum Gasteiger partial charge on any atom is -0.480 e. The molecule has 4 nitrogen and oxygen atoms in total. The minimum absolute atomic E-state index is 0.0814. The van der Waals surface area contributed by atoms with E-state index in [0.29, 0.717) is 0 Å². The van der Waals surface area contributed by atoms with Crippen molar-refractivity contribution in [3.8, 4) is 11.1 Å². The largest absolute Gasteiger partial charge is 0.480 e. The Morgan fingerprint density at radius 1 is 1.04 bits per heavy atom. The standard InChI is InChI=1S/C21H25NO3S/c1-3-14(2)19(26)20(23)22-18(21(24)25)13-15-9-11-17(12-10-15)16-7-5-4-6-8-16/h4-12,14,18-19,26H,3,13H2,1-2H3,(H,22,23)(H,24,25)/t14-,18+,19-/m1/s1. The molecule has 0 aromatic heterocycles. The van der Waals surface area contributed by atoms with E-state index >= 15 is 0 Å². The van der Waals surface area contributed by atoms with Gasteiger partial charge in [-0.1, -0.05) is 74.9 Å². The fourth-order valence-electron chi connectivity index (χ4n) is 2.64. The number of carboxylic acid groups (broad SMARTS) is 1. The molecule has 0 saturated carbocycles. The van der Waals surface area contributed by atoms with Gasteiger partial charge in [0.2, 0.25) is 5.91 Å². The molecule has 0 aliphatic carbocycles. The molecule has 0 aliphatic heterocycles. The molecule has 0 spiro atoms. The molecule has 2 aromatic rings. The molecule has 0 saturated heterocycles. The zero-order valence-corrected chi connectivity index (χ0v) is 15.9. The number of rotatable bonds is 8. The first kappa shape index (κ1) is 20.0. The Morgan fingerprint density at radius 2 is 1.62 bits per heavy atom. The maximum Gasteiger partial charge on any atom is 0.326 e. The van der Waals surface area contributed by atoms with Crippen LogP contribution in [0.5, 0.6) is 0 Å². The summed E-state index contributed by atoms with van der Waals surface area (Å²) in [6.45, 7) is 3.90. The first-order valence-electron chi connectivity index (χ1n) is 8.78. The van der Waals surface area contributed by atoms with E-state index in [4.69, 9.17) is 0 Å². The van der Waals surface area contributed by atoms with E-state index in [9.17, 15) is 14.7 Å². The van der Waals surface area contributed by atoms with Crippen molar-refractivity contribution < 1.29 is 14.7 Å². The summed E-state index contributed by atoms with van der Waals surface area (Å²) >= 11 is 4.32. The summed E-state index contributed by atoms with van der Waals surface area (Å²) in [7, 11) is 0. The molecule has 3 atom stereocenters. The fraction of sp³-hybridized carbons (Fsp3) is 0.333. The number of carbonyl (C=O) groups is 2. The topological polar surface area (TPSA) is 66.4 Å². The normalized spacial score (nSPS) is 14.3. The number of amides is 1. The van der Waals surface area contributed by atoms with Gasteiger partial charge in [0, 0.05) is 6.42 Å². The molecule has 138 valence electrons. The number of hydrogen-bond acceptors (Lipinski definition) is 3. The van der Waals surface area contributed by atoms with Gasteiger partial charge in [0.05, 0.1) is 5.25 Å². The van der Waals surface area contributed by atoms with Crippen LogP contribution in [0.15, 0.2) is 54.6 Å². The summed E-state index contributed by atoms with van der Waals surface area (Å²) in [4.78, 5) is 23.8. The van der Waals surface area contributed by atoms with Crippen molar-refractivity contribution in [3.63, 3.8) is 0 Å². The van der Waals surface area contributed by atoms with Crippen molar-refractivity contribution in [3.05, 3.63) is 60.2 Å². The van der Waals surface area contributed by atoms with Crippen LogP contribution in [0, 0.1) is 5.92 Å². The molecule has 5 heteroatoms. The van der Waals surface area contributed by atoms with Crippen molar-refractivity contribution in [2.24, 2.45) is 5.92 Å². The number of nitrogens with one attached hydrogen (secondary N) is 1. The summed E-state index contributed by atoms with van der Waals surface area (Å²) in [6.07, 6.45) is 1.04. The molecule has 2 N–H and O–H groups in total. The Hall–Kier alpha value is -2.27. The van der Waals surface area contributed by atoms with Crippen LogP contribution in [0.2, 0.25) is 0 Å². The monoisotopic (exact) mass is 371 g/mol. The van der Waals surface area contributed by atoms with Crippen LogP contribution >= 0.6 is 12.6 Å². The first-order chi connectivity index (χ1) is 12.4. The van der Waals surface area contributed by atoms with Crippen LogP contribution in [-0.4, -0.2) is 28.3 Å². The lowest BCUT2D eigenvalue weighted by molar-refractivity contribution is -0.141. The van der Waals surface area contributed by atoms with Gasteiger partial charge < -0.3 is 10.4 Å². The highest BCUT2D eigenvalue weighted by atomic mass is 32.1. The first-order valence-corrected chi connectivity index (χ1v) is 9.29. The van der Waals surface area contributed by atoms with Crippen LogP contribution in [0.25, 0.3) is 11.1 Å². The molecule has 0 bridgehead atoms. The Labute approximate surface area is 160 Å². The highest BCUT2D eigenvalue weighted by Gasteiger charge is 2.26. The van der Waals surface area contributed by atoms with Crippen molar-refractivity contribution >= 4 is 24.5 Å². The van der Waals surface area contributed by atoms with E-state index in [1.165, 1.54) is 0 Å². The molecular formula is C21H25NO3S. The Kier molecular flexibility index (Phi) is 7.27. The fourth-order valence-corrected chi connectivity index (χ4v) is 2.92. The SMILES string of the molecule is CC[C@@H](C)[C@@H](S)C(=O)N[C@@H](Cc1ccc(-c2ccccc2)cc1)C(=O)O. The van der Waals surface area contributed by atoms with Crippen LogP contribution in [-0.2, 0) is 16.0 Å². The van der Waals surface area contributed by atoms with E-state index in [-0.39, 0.29) is 18.2 Å². The van der Waals surface area contributed by atoms with Crippen molar-refractivity contribution in [2.75, 3.05) is 0 Å². The third-order valence-corrected chi connectivity index (χ3v) is 5.31. The predicted molar refractivity (Wildman–Crippen MR) is 107 cm³/mol. The van der Waals surface area contributed by atoms with E-state index in [2.05, 4.69) is 17.9 Å². The molecule has 1 amide bonds. The lowest BCUT2D eigenvalue weighted by atomic mass is 10.00. The van der Waals surface area contributed by atoms with Gasteiger partial charge in [0.1, 0.15) is 6.04 Å². The summed E-state index contributed by atoms with van der Waals surface area (Å²) < 4.78 is 0. The molecule has 0 radical (unpaired) electrons. The zero-order chi connectivity index (χ0) is 19.1. The zero-order valence-electron chi connectivity index (χ0n) is 15.1. The summed E-state index contributed by atoms with van der Waals surface area (Å²) in [6, 6.07) is 16.7. The van der Waals surface area contributed by atoms with Gasteiger partial charge in [-0.05, 0) is 22.6 Å². The van der Waals surface area contributed by atoms with E-state index in [0.717, 1.165) is 23.1 Å². The molecule has 0 unspecified atom stereocenters. The average molecular weight is 372 g/mol. The number of hydrogen-bond donors (Lipinski definition) is 3. The second kappa shape index (κ2) is 9.43. The predicted octanol–water partition coefficient (Wildman–Crippen LogP) is 3.81. The quantitative estimate of drug-likeness (QED) is 0.618. The highest BCUT2D eigenvalue weighted by molar-refractivity contribution is 7.81. The van der Waals surface area contributed by atoms with Crippen LogP contribution in [0.3, 0.4) is 0 Å². The van der Waals surface area contributed by atoms with Gasteiger partial charge in [-0.25, -0.2) is 4.79 Å². The molecule has 2 rings (SSSR count). The second-order valence-corrected chi connectivity index (χ2v) is 7.05. The third-order valence-electron chi connectivity index (χ3n) is 4.57. The number of aliphatic carboxylic acids is 1. The molecule has 0 heterocycles. The summed E-state index contributed by atoms with van der Waals surface area (Å²) in [5.74, 6) is -1.30. The number of carbonyl (C=O) groups excluding carboxylic acids is 1. The molecular weight excluding hydrogens is 346 g/mol. The average Bonchev–Trinajstić information content (AvgIpc) is 2.67. The van der Waals surface area contributed by atoms with Gasteiger partial charge in [-0.15, -0.1) is 0 Å². The lowest BCUT2D eigenvalue weighted by Crippen LogP contribution is -2.46. The smallest absolute Gasteiger partial charge is 0.326 e. The van der Waals surface area contributed by atoms with E-state index in [1.807, 2.05) is 68.4 Å². The molecule has 2 aromatic carbocycles. The van der Waals surface area contributed by atoms with Crippen molar-refractivity contribution in [2.45, 2.75) is 38.0 Å². The van der Waals surface area contributed by atoms with E-state index < -0.39 is 17.3 Å². The third kappa shape index (κ3) is 5.36. The number of benzene rings is 2. The van der Waals surface area contributed by atoms with E-state index in [1.54, 1.807) is 0 Å². The van der Waals surface area contributed by atoms with Crippen molar-refractivity contribution in [1.82, 2.24) is 5.32 Å². The van der Waals surface area contributed by atoms with Crippen LogP contribution < -0.4 is 5.32 Å². The number of thiol groups is 1. The second-order valence-electron chi connectivity index (χ2n) is 6.50. The highest BCUT2D eigenvalue weighted by Crippen LogP contribution is 2.20. The van der Waals surface area contributed by atoms with Crippen molar-refractivity contribution in [1.29, 1.82) is 0 Å². The molecule has 0 aliphatic rings. The Bertz CT molecular complexity index is 731. The summed E-state index contributed by atoms with van der Waals surface area (Å²) in [5.41, 5.74) is 3.03. The van der Waals surface area contributed by atoms with Gasteiger partial charge in [0.15, 0.2) is 0 Å². The molecule has 0 fully saturated rings. The summed E-state index contributed by atoms with van der Waals surface area (Å²) in [5, 5.41) is 11.6. The minimum atomic E-state index is -1.05. The molecule has 26 heavy (non-hydrogen) atoms. The Morgan fingerprint density at radius 3 is 2.15 bits per heavy atom. The lowest BCUT2D eigenvalue weighted by Gasteiger charge is -2.21. The van der Waals surface area contributed by atoms with Gasteiger partial charge in [-0.2, -0.15) is 12.6 Å². The van der Waals surface area contributed by atoms with Gasteiger partial charge >= 0.3 is 5.97 Å². The Balaban J connectivity index is 2.06.